The van der Waals surface area contributed by atoms with E-state index in [1.54, 1.807) is 30.4 Å². The number of nitrogens with zero attached hydrogens (tertiary/aromatic N) is 4. The number of aliphatic hydroxyl groups is 1. The molecule has 3 aromatic carbocycles. The van der Waals surface area contributed by atoms with E-state index < -0.39 is 6.04 Å². The van der Waals surface area contributed by atoms with Gasteiger partial charge in [0.05, 0.1) is 49.3 Å². The molecule has 4 bridgehead atoms. The first-order valence-electron chi connectivity index (χ1n) is 15.2. The number of carbonyl (C=O) groups excluding carboxylic acids is 3. The van der Waals surface area contributed by atoms with Gasteiger partial charge in [-0.3, -0.25) is 14.4 Å². The number of aryl methyl sites for hydroxylation is 1. The van der Waals surface area contributed by atoms with Crippen molar-refractivity contribution in [3.8, 4) is 11.5 Å². The van der Waals surface area contributed by atoms with Gasteiger partial charge >= 0.3 is 0 Å². The van der Waals surface area contributed by atoms with Gasteiger partial charge in [-0.15, -0.1) is 0 Å². The molecule has 0 saturated carbocycles. The van der Waals surface area contributed by atoms with Gasteiger partial charge in [0.15, 0.2) is 0 Å². The maximum atomic E-state index is 13.6. The average molecular weight is 612 g/mol. The SMILES string of the molecule is CN1CC(=O)N[C@@H]2CN(C(=O)c3ccc4c(c3)ncn4CCO)CC[C@@H]2OCc2cccc(c2)Oc2cccc(c2)CCC1=O. The number of likely N-dealkylation sites (tertiary alicyclic amines) is 1. The highest BCUT2D eigenvalue weighted by molar-refractivity contribution is 5.97. The Balaban J connectivity index is 1.21. The molecule has 45 heavy (non-hydrogen) atoms. The van der Waals surface area contributed by atoms with Crippen molar-refractivity contribution in [2.45, 2.75) is 44.6 Å². The van der Waals surface area contributed by atoms with Crippen LogP contribution in [0.5, 0.6) is 11.5 Å². The minimum absolute atomic E-state index is 0.00637. The van der Waals surface area contributed by atoms with E-state index in [0.29, 0.717) is 55.1 Å². The van der Waals surface area contributed by atoms with Crippen LogP contribution in [0.1, 0.15) is 34.3 Å². The van der Waals surface area contributed by atoms with E-state index in [4.69, 9.17) is 9.47 Å². The number of ether oxygens (including phenoxy) is 2. The number of likely N-dealkylation sites (N-methyl/N-ethyl adjacent to an activating group) is 1. The molecule has 3 amide bonds. The van der Waals surface area contributed by atoms with Crippen molar-refractivity contribution in [3.05, 3.63) is 89.7 Å². The summed E-state index contributed by atoms with van der Waals surface area (Å²) in [5.74, 6) is 0.736. The van der Waals surface area contributed by atoms with Crippen molar-refractivity contribution in [1.82, 2.24) is 24.7 Å². The number of amides is 3. The lowest BCUT2D eigenvalue weighted by Gasteiger charge is -2.39. The smallest absolute Gasteiger partial charge is 0.254 e. The second-order valence-corrected chi connectivity index (χ2v) is 11.6. The van der Waals surface area contributed by atoms with E-state index in [-0.39, 0.29) is 49.9 Å². The van der Waals surface area contributed by atoms with Gasteiger partial charge in [0.25, 0.3) is 5.91 Å². The molecule has 2 N–H and O–H groups in total. The van der Waals surface area contributed by atoms with E-state index >= 15 is 0 Å². The van der Waals surface area contributed by atoms with E-state index in [9.17, 15) is 19.5 Å². The topological polar surface area (TPSA) is 126 Å². The molecule has 6 rings (SSSR count). The fraction of sp³-hybridized carbons (Fsp3) is 0.353. The molecule has 0 spiro atoms. The number of imidazole rings is 1. The molecule has 2 aliphatic heterocycles. The van der Waals surface area contributed by atoms with Crippen molar-refractivity contribution >= 4 is 28.8 Å². The molecule has 3 heterocycles. The van der Waals surface area contributed by atoms with Gasteiger partial charge in [-0.25, -0.2) is 4.98 Å². The van der Waals surface area contributed by atoms with Crippen molar-refractivity contribution in [2.24, 2.45) is 0 Å². The summed E-state index contributed by atoms with van der Waals surface area (Å²) in [6.45, 7) is 1.31. The maximum Gasteiger partial charge on any atom is 0.254 e. The number of piperidine rings is 1. The average Bonchev–Trinajstić information content (AvgIpc) is 3.44. The molecule has 234 valence electrons. The predicted octanol–water partition coefficient (Wildman–Crippen LogP) is 3.14. The van der Waals surface area contributed by atoms with Gasteiger partial charge in [-0.1, -0.05) is 24.3 Å². The number of nitrogens with one attached hydrogen (secondary N) is 1. The predicted molar refractivity (Wildman–Crippen MR) is 167 cm³/mol. The van der Waals surface area contributed by atoms with Gasteiger partial charge in [-0.05, 0) is 66.4 Å². The summed E-state index contributed by atoms with van der Waals surface area (Å²) in [7, 11) is 1.62. The molecule has 2 aliphatic rings. The van der Waals surface area contributed by atoms with Crippen molar-refractivity contribution in [1.29, 1.82) is 0 Å². The number of carbonyl (C=O) groups is 3. The van der Waals surface area contributed by atoms with Crippen molar-refractivity contribution < 1.29 is 29.0 Å². The normalized spacial score (nSPS) is 19.7. The molecule has 4 aromatic rings. The summed E-state index contributed by atoms with van der Waals surface area (Å²) in [5, 5.41) is 12.4. The molecule has 1 fully saturated rings. The summed E-state index contributed by atoms with van der Waals surface area (Å²) >= 11 is 0. The van der Waals surface area contributed by atoms with Crippen molar-refractivity contribution in [2.75, 3.05) is 33.3 Å². The van der Waals surface area contributed by atoms with E-state index in [1.807, 2.05) is 59.2 Å². The van der Waals surface area contributed by atoms with Gasteiger partial charge in [0.1, 0.15) is 11.5 Å². The fourth-order valence-corrected chi connectivity index (χ4v) is 5.92. The zero-order valence-corrected chi connectivity index (χ0v) is 25.2. The Morgan fingerprint density at radius 1 is 1.02 bits per heavy atom. The summed E-state index contributed by atoms with van der Waals surface area (Å²) in [6, 6.07) is 20.2. The molecule has 1 saturated heterocycles. The second kappa shape index (κ2) is 13.5. The van der Waals surface area contributed by atoms with Crippen LogP contribution in [0.25, 0.3) is 11.0 Å². The third kappa shape index (κ3) is 7.16. The van der Waals surface area contributed by atoms with Gasteiger partial charge in [0, 0.05) is 38.7 Å². The van der Waals surface area contributed by atoms with Crippen LogP contribution >= 0.6 is 0 Å². The molecule has 11 nitrogen and oxygen atoms in total. The van der Waals surface area contributed by atoms with Gasteiger partial charge in [-0.2, -0.15) is 0 Å². The summed E-state index contributed by atoms with van der Waals surface area (Å²) in [4.78, 5) is 47.3. The molecule has 1 aromatic heterocycles. The monoisotopic (exact) mass is 611 g/mol. The Hall–Kier alpha value is -4.74. The number of benzene rings is 3. The fourth-order valence-electron chi connectivity index (χ4n) is 5.92. The molecule has 0 radical (unpaired) electrons. The molecule has 2 atom stereocenters. The molecule has 0 unspecified atom stereocenters. The lowest BCUT2D eigenvalue weighted by Crippen LogP contribution is -2.58. The summed E-state index contributed by atoms with van der Waals surface area (Å²) < 4.78 is 14.3. The van der Waals surface area contributed by atoms with Gasteiger partial charge < -0.3 is 34.3 Å². The first-order chi connectivity index (χ1) is 21.9. The number of aromatic nitrogens is 2. The third-order valence-corrected chi connectivity index (χ3v) is 8.32. The van der Waals surface area contributed by atoms with Crippen LogP contribution in [0, 0.1) is 0 Å². The van der Waals surface area contributed by atoms with Crippen LogP contribution in [0.3, 0.4) is 0 Å². The van der Waals surface area contributed by atoms with Crippen LogP contribution < -0.4 is 10.1 Å². The number of rotatable bonds is 3. The lowest BCUT2D eigenvalue weighted by atomic mass is 10.00. The Bertz CT molecular complexity index is 1700. The van der Waals surface area contributed by atoms with Crippen molar-refractivity contribution in [3.63, 3.8) is 0 Å². The van der Waals surface area contributed by atoms with Crippen LogP contribution in [0.4, 0.5) is 0 Å². The number of hydrogen-bond donors (Lipinski definition) is 2. The largest absolute Gasteiger partial charge is 0.457 e. The Morgan fingerprint density at radius 3 is 2.60 bits per heavy atom. The highest BCUT2D eigenvalue weighted by Gasteiger charge is 2.34. The standard InChI is InChI=1S/C34H37N5O6/c1-37-20-32(41)36-29-19-38(34(43)25-9-10-30-28(18-25)35-22-39(30)14-15-40)13-12-31(29)44-21-24-5-3-7-27(17-24)45-26-6-2-4-23(16-26)8-11-33(37)42/h2-7,9-10,16-18,22,29,31,40H,8,11-15,19-21H2,1H3,(H,36,41)/t29-,31+/m1/s1. The minimum atomic E-state index is -0.482. The Kier molecular flexibility index (Phi) is 9.08. The highest BCUT2D eigenvalue weighted by Crippen LogP contribution is 2.26. The maximum absolute atomic E-state index is 13.6. The van der Waals surface area contributed by atoms with E-state index in [0.717, 1.165) is 16.6 Å². The first-order valence-corrected chi connectivity index (χ1v) is 15.2. The Labute approximate surface area is 261 Å². The molecule has 0 aliphatic carbocycles. The van der Waals surface area contributed by atoms with Crippen LogP contribution in [-0.4, -0.2) is 87.6 Å². The zero-order valence-electron chi connectivity index (χ0n) is 25.2. The van der Waals surface area contributed by atoms with Crippen LogP contribution in [0.2, 0.25) is 0 Å². The van der Waals surface area contributed by atoms with E-state index in [1.165, 1.54) is 4.90 Å². The second-order valence-electron chi connectivity index (χ2n) is 11.6. The molecule has 11 heteroatoms. The van der Waals surface area contributed by atoms with E-state index in [2.05, 4.69) is 10.3 Å². The Morgan fingerprint density at radius 2 is 1.80 bits per heavy atom. The van der Waals surface area contributed by atoms with Crippen LogP contribution in [-0.2, 0) is 33.9 Å². The lowest BCUT2D eigenvalue weighted by molar-refractivity contribution is -0.135. The molecular weight excluding hydrogens is 574 g/mol. The number of aliphatic hydroxyl groups excluding tert-OH is 1. The number of fused-ring (bicyclic) bond motifs is 6. The first kappa shape index (κ1) is 30.3. The van der Waals surface area contributed by atoms with Gasteiger partial charge in [0.2, 0.25) is 11.8 Å². The minimum Gasteiger partial charge on any atom is -0.457 e. The molecular formula is C34H37N5O6. The quantitative estimate of drug-likeness (QED) is 0.365. The summed E-state index contributed by atoms with van der Waals surface area (Å²) in [5.41, 5.74) is 3.89. The number of hydrogen-bond acceptors (Lipinski definition) is 7. The third-order valence-electron chi connectivity index (χ3n) is 8.32. The zero-order chi connectivity index (χ0) is 31.3. The summed E-state index contributed by atoms with van der Waals surface area (Å²) in [6.07, 6.45) is 2.59. The van der Waals surface area contributed by atoms with Crippen LogP contribution in [0.15, 0.2) is 73.1 Å². The highest BCUT2D eigenvalue weighted by atomic mass is 16.5.